The van der Waals surface area contributed by atoms with Crippen molar-refractivity contribution in [3.05, 3.63) is 12.2 Å². The van der Waals surface area contributed by atoms with Crippen molar-refractivity contribution >= 4 is 33.8 Å². The molecule has 218 valence electrons. The second-order valence-corrected chi connectivity index (χ2v) is 14.2. The Labute approximate surface area is 229 Å². The molecular weight excluding hydrogens is 526 g/mol. The highest BCUT2D eigenvalue weighted by atomic mass is 32.2. The summed E-state index contributed by atoms with van der Waals surface area (Å²) < 4.78 is 32.5. The van der Waals surface area contributed by atoms with Gasteiger partial charge in [-0.2, -0.15) is 0 Å². The molecule has 2 saturated carbocycles. The third-order valence-electron chi connectivity index (χ3n) is 7.60. The van der Waals surface area contributed by atoms with E-state index in [0.717, 1.165) is 19.3 Å². The van der Waals surface area contributed by atoms with Crippen LogP contribution in [0.25, 0.3) is 0 Å². The van der Waals surface area contributed by atoms with Crippen molar-refractivity contribution < 1.29 is 32.3 Å². The summed E-state index contributed by atoms with van der Waals surface area (Å²) in [5, 5.41) is 4.88. The fourth-order valence-corrected chi connectivity index (χ4v) is 6.65. The van der Waals surface area contributed by atoms with E-state index in [1.54, 1.807) is 20.8 Å². The van der Waals surface area contributed by atoms with E-state index < -0.39 is 68.4 Å². The number of hydrogen-bond acceptors (Lipinski definition) is 8. The Morgan fingerprint density at radius 2 is 1.87 bits per heavy atom. The molecule has 0 aromatic heterocycles. The van der Waals surface area contributed by atoms with Crippen molar-refractivity contribution in [2.24, 2.45) is 11.7 Å². The molecule has 0 aromatic carbocycles. The van der Waals surface area contributed by atoms with Crippen molar-refractivity contribution in [3.8, 4) is 0 Å². The first-order chi connectivity index (χ1) is 18.2. The van der Waals surface area contributed by atoms with E-state index in [-0.39, 0.29) is 25.3 Å². The van der Waals surface area contributed by atoms with Gasteiger partial charge in [0.05, 0.1) is 5.25 Å². The van der Waals surface area contributed by atoms with Crippen molar-refractivity contribution in [2.45, 2.75) is 113 Å². The number of allylic oxidation sites excluding steroid dienone is 1. The van der Waals surface area contributed by atoms with Gasteiger partial charge in [0.25, 0.3) is 5.91 Å². The van der Waals surface area contributed by atoms with E-state index in [2.05, 4.69) is 15.4 Å². The summed E-state index contributed by atoms with van der Waals surface area (Å²) in [6.45, 7) is 5.30. The molecule has 0 aromatic rings. The molecule has 0 bridgehead atoms. The highest BCUT2D eigenvalue weighted by Gasteiger charge is 2.62. The molecular formula is C26H41N5O7S. The molecule has 3 fully saturated rings. The third-order valence-corrected chi connectivity index (χ3v) is 9.42. The van der Waals surface area contributed by atoms with Crippen LogP contribution in [0.15, 0.2) is 12.2 Å². The minimum Gasteiger partial charge on any atom is -0.444 e. The molecule has 39 heavy (non-hydrogen) atoms. The van der Waals surface area contributed by atoms with Gasteiger partial charge in [0.2, 0.25) is 21.8 Å². The fraction of sp³-hybridized carbons (Fsp3) is 0.769. The lowest BCUT2D eigenvalue weighted by Crippen LogP contribution is -2.58. The van der Waals surface area contributed by atoms with Crippen LogP contribution in [0.2, 0.25) is 0 Å². The van der Waals surface area contributed by atoms with Gasteiger partial charge in [-0.25, -0.2) is 13.2 Å². The molecule has 5 N–H and O–H groups in total. The van der Waals surface area contributed by atoms with Crippen molar-refractivity contribution in [2.75, 3.05) is 6.54 Å². The number of amides is 4. The Balaban J connectivity index is 1.57. The lowest BCUT2D eigenvalue weighted by atomic mass is 10.0. The van der Waals surface area contributed by atoms with Crippen molar-refractivity contribution in [1.82, 2.24) is 20.3 Å². The highest BCUT2D eigenvalue weighted by molar-refractivity contribution is 7.91. The molecule has 4 rings (SSSR count). The first kappa shape index (κ1) is 29.3. The molecule has 2 aliphatic heterocycles. The Morgan fingerprint density at radius 3 is 2.54 bits per heavy atom. The number of nitrogens with one attached hydrogen (secondary N) is 3. The smallest absolute Gasteiger partial charge is 0.408 e. The first-order valence-electron chi connectivity index (χ1n) is 13.8. The summed E-state index contributed by atoms with van der Waals surface area (Å²) in [5.41, 5.74) is 4.01. The molecule has 0 unspecified atom stereocenters. The van der Waals surface area contributed by atoms with Gasteiger partial charge in [-0.15, -0.1) is 0 Å². The van der Waals surface area contributed by atoms with E-state index in [0.29, 0.717) is 25.7 Å². The van der Waals surface area contributed by atoms with Gasteiger partial charge in [0.15, 0.2) is 0 Å². The van der Waals surface area contributed by atoms with Gasteiger partial charge in [-0.3, -0.25) is 19.1 Å². The Hall–Kier alpha value is -2.67. The van der Waals surface area contributed by atoms with E-state index in [1.807, 2.05) is 12.2 Å². The molecule has 1 saturated heterocycles. The van der Waals surface area contributed by atoms with Crippen molar-refractivity contribution in [1.29, 1.82) is 0 Å². The second-order valence-electron chi connectivity index (χ2n) is 12.2. The van der Waals surface area contributed by atoms with Crippen LogP contribution in [0.4, 0.5) is 4.79 Å². The molecule has 2 aliphatic carbocycles. The molecule has 12 nitrogen and oxygen atoms in total. The minimum absolute atomic E-state index is 0.113. The van der Waals surface area contributed by atoms with Gasteiger partial charge in [-0.1, -0.05) is 25.0 Å². The summed E-state index contributed by atoms with van der Waals surface area (Å²) in [6.07, 6.45) is 7.92. The topological polar surface area (TPSA) is 177 Å². The number of fused-ring (bicyclic) bond motifs is 2. The first-order valence-corrected chi connectivity index (χ1v) is 15.4. The van der Waals surface area contributed by atoms with E-state index in [1.165, 1.54) is 4.90 Å². The number of nitrogens with zero attached hydrogens (tertiary/aromatic N) is 1. The van der Waals surface area contributed by atoms with E-state index in [4.69, 9.17) is 10.5 Å². The predicted molar refractivity (Wildman–Crippen MR) is 143 cm³/mol. The Bertz CT molecular complexity index is 1130. The predicted octanol–water partition coefficient (Wildman–Crippen LogP) is 0.812. The fourth-order valence-electron chi connectivity index (χ4n) is 5.28. The summed E-state index contributed by atoms with van der Waals surface area (Å²) in [7, 11) is -3.81. The lowest BCUT2D eigenvalue weighted by molar-refractivity contribution is -0.141. The van der Waals surface area contributed by atoms with Crippen LogP contribution < -0.4 is 21.1 Å². The number of sulfonamides is 1. The monoisotopic (exact) mass is 567 g/mol. The molecule has 5 atom stereocenters. The molecule has 2 heterocycles. The van der Waals surface area contributed by atoms with E-state index >= 15 is 0 Å². The third kappa shape index (κ3) is 7.10. The van der Waals surface area contributed by atoms with Crippen LogP contribution in [-0.2, 0) is 29.1 Å². The number of carbonyl (C=O) groups excluding carboxylic acids is 4. The normalized spacial score (nSPS) is 33.0. The van der Waals surface area contributed by atoms with Crippen LogP contribution in [0.3, 0.4) is 0 Å². The summed E-state index contributed by atoms with van der Waals surface area (Å²) in [5.74, 6) is -2.13. The number of rotatable bonds is 4. The van der Waals surface area contributed by atoms with Crippen LogP contribution in [0.5, 0.6) is 0 Å². The minimum atomic E-state index is -3.81. The lowest BCUT2D eigenvalue weighted by Gasteiger charge is -2.30. The van der Waals surface area contributed by atoms with Crippen LogP contribution in [0.1, 0.15) is 78.6 Å². The summed E-state index contributed by atoms with van der Waals surface area (Å²) in [6, 6.07) is -2.34. The number of carbonyl (C=O) groups is 4. The zero-order valence-electron chi connectivity index (χ0n) is 22.9. The molecule has 4 amide bonds. The molecule has 4 aliphatic rings. The van der Waals surface area contributed by atoms with Gasteiger partial charge in [0, 0.05) is 18.5 Å². The summed E-state index contributed by atoms with van der Waals surface area (Å²) >= 11 is 0. The number of hydrogen-bond donors (Lipinski definition) is 4. The van der Waals surface area contributed by atoms with Gasteiger partial charge < -0.3 is 26.0 Å². The van der Waals surface area contributed by atoms with E-state index in [9.17, 15) is 27.6 Å². The van der Waals surface area contributed by atoms with Gasteiger partial charge in [-0.05, 0) is 65.7 Å². The van der Waals surface area contributed by atoms with Crippen LogP contribution in [-0.4, -0.2) is 78.2 Å². The zero-order chi connectivity index (χ0) is 28.6. The number of nitrogens with two attached hydrogens (primary N) is 1. The SMILES string of the molecule is CC(C)(C)OC(=O)N[C@H]1CCCCC/C=C\[C@H]2C[C@@]2(C(=O)NS(=O)(=O)C2CC2)NC(=O)[C@@H]2C[C@@H](N)CN2C1=O. The summed E-state index contributed by atoms with van der Waals surface area (Å²) in [4.78, 5) is 54.4. The molecule has 0 radical (unpaired) electrons. The number of ether oxygens (including phenoxy) is 1. The quantitative estimate of drug-likeness (QED) is 0.361. The zero-order valence-corrected chi connectivity index (χ0v) is 23.7. The van der Waals surface area contributed by atoms with Crippen molar-refractivity contribution in [3.63, 3.8) is 0 Å². The van der Waals surface area contributed by atoms with Crippen LogP contribution in [0, 0.1) is 5.92 Å². The largest absolute Gasteiger partial charge is 0.444 e. The maximum Gasteiger partial charge on any atom is 0.408 e. The second kappa shape index (κ2) is 11.1. The standard InChI is InChI=1S/C26H41N5O7S/c1-25(2,3)38-24(35)28-19-10-8-6-4-5-7-9-16-14-26(16,23(34)30-39(36,37)18-11-12-18)29-21(32)20-13-17(27)15-31(20)22(19)33/h7,9,16-20H,4-6,8,10-15,27H2,1-3H3,(H,28,35)(H,29,32)(H,30,34)/b9-7-/t16-,17+,19-,20-,26+/m0/s1. The molecule has 0 spiro atoms. The average Bonchev–Trinajstić information content (AvgIpc) is 3.73. The highest BCUT2D eigenvalue weighted by Crippen LogP contribution is 2.46. The average molecular weight is 568 g/mol. The van der Waals surface area contributed by atoms with Crippen LogP contribution >= 0.6 is 0 Å². The van der Waals surface area contributed by atoms with Gasteiger partial charge in [0.1, 0.15) is 23.2 Å². The maximum atomic E-state index is 13.7. The Kier molecular flexibility index (Phi) is 8.32. The Morgan fingerprint density at radius 1 is 1.15 bits per heavy atom. The molecule has 13 heteroatoms. The number of alkyl carbamates (subject to hydrolysis) is 1. The van der Waals surface area contributed by atoms with Gasteiger partial charge >= 0.3 is 6.09 Å². The maximum absolute atomic E-state index is 13.7.